The predicted octanol–water partition coefficient (Wildman–Crippen LogP) is 1.79. The Balaban J connectivity index is 1.84. The van der Waals surface area contributed by atoms with Gasteiger partial charge in [0, 0.05) is 30.7 Å². The van der Waals surface area contributed by atoms with E-state index in [4.69, 9.17) is 4.52 Å². The van der Waals surface area contributed by atoms with Crippen LogP contribution < -0.4 is 0 Å². The van der Waals surface area contributed by atoms with Crippen LogP contribution in [0.25, 0.3) is 0 Å². The molecular weight excluding hydrogens is 236 g/mol. The summed E-state index contributed by atoms with van der Waals surface area (Å²) >= 11 is 1.92. The van der Waals surface area contributed by atoms with E-state index >= 15 is 0 Å². The van der Waals surface area contributed by atoms with Gasteiger partial charge in [0.15, 0.2) is 5.82 Å². The number of aromatic nitrogens is 4. The van der Waals surface area contributed by atoms with Crippen molar-refractivity contribution in [3.05, 3.63) is 29.7 Å². The van der Waals surface area contributed by atoms with Crippen LogP contribution in [-0.4, -0.2) is 31.4 Å². The van der Waals surface area contributed by atoms with E-state index in [-0.39, 0.29) is 5.92 Å². The summed E-state index contributed by atoms with van der Waals surface area (Å²) < 4.78 is 7.19. The second kappa shape index (κ2) is 4.18. The minimum Gasteiger partial charge on any atom is -0.339 e. The van der Waals surface area contributed by atoms with E-state index in [1.165, 1.54) is 0 Å². The van der Waals surface area contributed by atoms with Crippen molar-refractivity contribution < 1.29 is 4.52 Å². The Morgan fingerprint density at radius 3 is 2.94 bits per heavy atom. The van der Waals surface area contributed by atoms with E-state index in [0.29, 0.717) is 11.8 Å². The first-order chi connectivity index (χ1) is 8.25. The Morgan fingerprint density at radius 1 is 1.53 bits per heavy atom. The SMILES string of the molecule is CC(c1nc(C2CSC2)no1)c1ccnn1C. The highest BCUT2D eigenvalue weighted by atomic mass is 32.2. The summed E-state index contributed by atoms with van der Waals surface area (Å²) in [5.74, 6) is 4.33. The van der Waals surface area contributed by atoms with Crippen molar-refractivity contribution in [3.8, 4) is 0 Å². The second-order valence-electron chi connectivity index (χ2n) is 4.33. The van der Waals surface area contributed by atoms with E-state index in [1.807, 2.05) is 29.6 Å². The molecule has 5 nitrogen and oxygen atoms in total. The average molecular weight is 250 g/mol. The fraction of sp³-hybridized carbons (Fsp3) is 0.545. The molecule has 90 valence electrons. The molecule has 6 heteroatoms. The lowest BCUT2D eigenvalue weighted by atomic mass is 10.1. The molecule has 0 aromatic carbocycles. The molecule has 0 aliphatic carbocycles. The Bertz CT molecular complexity index is 517. The standard InChI is InChI=1S/C11H14N4OS/c1-7(9-3-4-12-15(9)2)11-13-10(14-16-11)8-5-17-6-8/h3-4,7-8H,5-6H2,1-2H3. The van der Waals surface area contributed by atoms with Gasteiger partial charge >= 0.3 is 0 Å². The van der Waals surface area contributed by atoms with E-state index in [9.17, 15) is 0 Å². The van der Waals surface area contributed by atoms with Gasteiger partial charge in [-0.3, -0.25) is 4.68 Å². The van der Waals surface area contributed by atoms with Crippen molar-refractivity contribution in [1.82, 2.24) is 19.9 Å². The zero-order valence-corrected chi connectivity index (χ0v) is 10.6. The van der Waals surface area contributed by atoms with Gasteiger partial charge in [-0.25, -0.2) is 0 Å². The molecule has 17 heavy (non-hydrogen) atoms. The summed E-state index contributed by atoms with van der Waals surface area (Å²) in [7, 11) is 1.92. The first kappa shape index (κ1) is 10.8. The Morgan fingerprint density at radius 2 is 2.35 bits per heavy atom. The van der Waals surface area contributed by atoms with Crippen molar-refractivity contribution >= 4 is 11.8 Å². The summed E-state index contributed by atoms with van der Waals surface area (Å²) in [5, 5.41) is 8.23. The number of thioether (sulfide) groups is 1. The van der Waals surface area contributed by atoms with Gasteiger partial charge in [-0.15, -0.1) is 0 Å². The van der Waals surface area contributed by atoms with Crippen molar-refractivity contribution in [2.75, 3.05) is 11.5 Å². The van der Waals surface area contributed by atoms with Gasteiger partial charge in [0.1, 0.15) is 0 Å². The highest BCUT2D eigenvalue weighted by Gasteiger charge is 2.27. The summed E-state index contributed by atoms with van der Waals surface area (Å²) in [5.41, 5.74) is 1.09. The van der Waals surface area contributed by atoms with E-state index in [0.717, 1.165) is 23.0 Å². The number of hydrogen-bond acceptors (Lipinski definition) is 5. The van der Waals surface area contributed by atoms with Gasteiger partial charge in [-0.1, -0.05) is 5.16 Å². The number of nitrogens with zero attached hydrogens (tertiary/aromatic N) is 4. The van der Waals surface area contributed by atoms with Crippen LogP contribution in [-0.2, 0) is 7.05 Å². The number of rotatable bonds is 3. The van der Waals surface area contributed by atoms with Crippen LogP contribution in [0.3, 0.4) is 0 Å². The summed E-state index contributed by atoms with van der Waals surface area (Å²) in [6, 6.07) is 1.98. The van der Waals surface area contributed by atoms with Crippen LogP contribution >= 0.6 is 11.8 Å². The maximum absolute atomic E-state index is 5.35. The molecule has 2 aromatic rings. The fourth-order valence-electron chi connectivity index (χ4n) is 1.91. The molecule has 0 bridgehead atoms. The van der Waals surface area contributed by atoms with E-state index in [2.05, 4.69) is 22.2 Å². The van der Waals surface area contributed by atoms with Crippen LogP contribution in [0, 0.1) is 0 Å². The highest BCUT2D eigenvalue weighted by Crippen LogP contribution is 2.33. The molecule has 3 rings (SSSR count). The zero-order valence-electron chi connectivity index (χ0n) is 9.83. The molecule has 3 heterocycles. The van der Waals surface area contributed by atoms with E-state index < -0.39 is 0 Å². The molecule has 1 fully saturated rings. The quantitative estimate of drug-likeness (QED) is 0.831. The Kier molecular flexibility index (Phi) is 2.66. The molecule has 1 aliphatic rings. The lowest BCUT2D eigenvalue weighted by Crippen LogP contribution is -2.17. The minimum atomic E-state index is 0.0940. The maximum atomic E-state index is 5.35. The van der Waals surface area contributed by atoms with Crippen LogP contribution in [0.2, 0.25) is 0 Å². The molecule has 2 aromatic heterocycles. The predicted molar refractivity (Wildman–Crippen MR) is 65.1 cm³/mol. The summed E-state index contributed by atoms with van der Waals surface area (Å²) in [6.07, 6.45) is 1.78. The third kappa shape index (κ3) is 1.86. The Labute approximate surface area is 104 Å². The van der Waals surface area contributed by atoms with Crippen molar-refractivity contribution in [2.45, 2.75) is 18.8 Å². The van der Waals surface area contributed by atoms with Crippen LogP contribution in [0.15, 0.2) is 16.8 Å². The normalized spacial score (nSPS) is 18.0. The minimum absolute atomic E-state index is 0.0940. The summed E-state index contributed by atoms with van der Waals surface area (Å²) in [4.78, 5) is 4.50. The van der Waals surface area contributed by atoms with Gasteiger partial charge < -0.3 is 4.52 Å². The molecule has 0 radical (unpaired) electrons. The van der Waals surface area contributed by atoms with Gasteiger partial charge in [-0.2, -0.15) is 21.8 Å². The van der Waals surface area contributed by atoms with Crippen molar-refractivity contribution in [1.29, 1.82) is 0 Å². The van der Waals surface area contributed by atoms with Gasteiger partial charge in [0.2, 0.25) is 5.89 Å². The Hall–Kier alpha value is -1.30. The topological polar surface area (TPSA) is 56.7 Å². The summed E-state index contributed by atoms with van der Waals surface area (Å²) in [6.45, 7) is 2.06. The fourth-order valence-corrected chi connectivity index (χ4v) is 2.68. The van der Waals surface area contributed by atoms with Crippen molar-refractivity contribution in [2.24, 2.45) is 7.05 Å². The smallest absolute Gasteiger partial charge is 0.235 e. The third-order valence-corrected chi connectivity index (χ3v) is 4.41. The molecular formula is C11H14N4OS. The molecule has 0 saturated carbocycles. The monoisotopic (exact) mass is 250 g/mol. The number of hydrogen-bond donors (Lipinski definition) is 0. The molecule has 0 N–H and O–H groups in total. The average Bonchev–Trinajstić information content (AvgIpc) is 2.84. The maximum Gasteiger partial charge on any atom is 0.235 e. The first-order valence-electron chi connectivity index (χ1n) is 5.65. The largest absolute Gasteiger partial charge is 0.339 e. The molecule has 1 aliphatic heterocycles. The van der Waals surface area contributed by atoms with Crippen LogP contribution in [0.5, 0.6) is 0 Å². The van der Waals surface area contributed by atoms with Crippen LogP contribution in [0.4, 0.5) is 0 Å². The van der Waals surface area contributed by atoms with E-state index in [1.54, 1.807) is 6.20 Å². The van der Waals surface area contributed by atoms with Gasteiger partial charge in [-0.05, 0) is 13.0 Å². The lowest BCUT2D eigenvalue weighted by molar-refractivity contribution is 0.360. The number of aryl methyl sites for hydroxylation is 1. The molecule has 1 atom stereocenters. The zero-order chi connectivity index (χ0) is 11.8. The highest BCUT2D eigenvalue weighted by molar-refractivity contribution is 8.00. The second-order valence-corrected chi connectivity index (χ2v) is 5.40. The molecule has 1 unspecified atom stereocenters. The van der Waals surface area contributed by atoms with Crippen LogP contribution in [0.1, 0.15) is 36.2 Å². The van der Waals surface area contributed by atoms with Crippen molar-refractivity contribution in [3.63, 3.8) is 0 Å². The molecule has 0 amide bonds. The molecule has 0 spiro atoms. The third-order valence-electron chi connectivity index (χ3n) is 3.13. The first-order valence-corrected chi connectivity index (χ1v) is 6.80. The van der Waals surface area contributed by atoms with Gasteiger partial charge in [0.25, 0.3) is 0 Å². The molecule has 1 saturated heterocycles. The lowest BCUT2D eigenvalue weighted by Gasteiger charge is -2.20. The van der Waals surface area contributed by atoms with Gasteiger partial charge in [0.05, 0.1) is 11.6 Å².